The zero-order valence-electron chi connectivity index (χ0n) is 8.49. The van der Waals surface area contributed by atoms with Crippen LogP contribution in [-0.4, -0.2) is 0 Å². The molecule has 5 heteroatoms. The van der Waals surface area contributed by atoms with Crippen LogP contribution in [0, 0.1) is 6.67 Å². The van der Waals surface area contributed by atoms with Crippen LogP contribution < -0.4 is 19.8 Å². The van der Waals surface area contributed by atoms with Gasteiger partial charge in [0.2, 0.25) is 0 Å². The van der Waals surface area contributed by atoms with Gasteiger partial charge in [-0.3, -0.25) is 0 Å². The molecule has 3 rings (SSSR count). The quantitative estimate of drug-likeness (QED) is 0.593. The first-order valence-electron chi connectivity index (χ1n) is 4.69. The number of rotatable bonds is 2. The molecule has 0 aromatic carbocycles. The van der Waals surface area contributed by atoms with Crippen molar-refractivity contribution in [1.29, 1.82) is 0 Å². The summed E-state index contributed by atoms with van der Waals surface area (Å²) >= 11 is 0. The van der Waals surface area contributed by atoms with Crippen molar-refractivity contribution in [1.82, 2.24) is 9.97 Å². The molecule has 0 atom stereocenters. The van der Waals surface area contributed by atoms with Gasteiger partial charge in [-0.25, -0.2) is 0 Å². The van der Waals surface area contributed by atoms with Crippen molar-refractivity contribution >= 4 is 11.6 Å². The molecule has 0 aliphatic carbocycles. The second-order valence-corrected chi connectivity index (χ2v) is 3.22. The van der Waals surface area contributed by atoms with Crippen LogP contribution in [0.2, 0.25) is 0 Å². The van der Waals surface area contributed by atoms with Crippen LogP contribution in [0.4, 0.5) is 11.6 Å². The Morgan fingerprint density at radius 3 is 1.75 bits per heavy atom. The van der Waals surface area contributed by atoms with Gasteiger partial charge in [0.1, 0.15) is 0 Å². The van der Waals surface area contributed by atoms with Crippen LogP contribution in [0.3, 0.4) is 0 Å². The molecule has 0 unspecified atom stereocenters. The number of aromatic nitrogens is 2. The smallest absolute Gasteiger partial charge is 0.603 e. The molecule has 1 aliphatic heterocycles. The third-order valence-corrected chi connectivity index (χ3v) is 2.24. The predicted molar refractivity (Wildman–Crippen MR) is 57.9 cm³/mol. The van der Waals surface area contributed by atoms with Crippen LogP contribution in [0.25, 0.3) is 0 Å². The van der Waals surface area contributed by atoms with Gasteiger partial charge in [-0.15, -0.1) is 12.4 Å². The summed E-state index contributed by atoms with van der Waals surface area (Å²) in [7, 11) is 0. The molecule has 0 saturated carbocycles. The van der Waals surface area contributed by atoms with E-state index in [1.54, 1.807) is 12.4 Å². The van der Waals surface area contributed by atoms with E-state index in [4.69, 9.17) is 0 Å². The fraction of sp³-hybridized carbons (Fsp3) is 0. The maximum atomic E-state index is 4.21. The summed E-state index contributed by atoms with van der Waals surface area (Å²) in [4.78, 5) is 12.3. The summed E-state index contributed by atoms with van der Waals surface area (Å²) in [6.07, 6.45) is 7.47. The Kier molecular flexibility index (Phi) is 3.22. The maximum absolute atomic E-state index is 4.21. The van der Waals surface area contributed by atoms with E-state index in [2.05, 4.69) is 9.97 Å². The van der Waals surface area contributed by atoms with Gasteiger partial charge in [-0.05, 0) is 0 Å². The molecule has 0 saturated heterocycles. The molecule has 2 aromatic heterocycles. The number of hydrogen-bond donors (Lipinski definition) is 0. The van der Waals surface area contributed by atoms with E-state index in [9.17, 15) is 0 Å². The van der Waals surface area contributed by atoms with E-state index in [-0.39, 0.29) is 21.7 Å². The standard InChI is InChI=1S/C11H9N4.Ti/c1-3-10(12-5-1)14-7-8-15(9-14)11-4-2-6-13-11;/h1-9H;/q-3;+3. The fourth-order valence-electron chi connectivity index (χ4n) is 1.51. The molecular formula is C11H9N4Ti. The molecule has 0 bridgehead atoms. The van der Waals surface area contributed by atoms with Crippen LogP contribution in [0.15, 0.2) is 49.1 Å². The van der Waals surface area contributed by atoms with Gasteiger partial charge in [-0.1, -0.05) is 48.3 Å². The van der Waals surface area contributed by atoms with Crippen molar-refractivity contribution in [2.45, 2.75) is 0 Å². The molecule has 0 amide bonds. The van der Waals surface area contributed by atoms with Crippen molar-refractivity contribution in [3.05, 3.63) is 55.7 Å². The Labute approximate surface area is 109 Å². The summed E-state index contributed by atoms with van der Waals surface area (Å²) in [6.45, 7) is 1.95. The van der Waals surface area contributed by atoms with Gasteiger partial charge < -0.3 is 26.4 Å². The zero-order chi connectivity index (χ0) is 10.1. The molecule has 1 aliphatic rings. The van der Waals surface area contributed by atoms with E-state index < -0.39 is 0 Å². The molecule has 0 spiro atoms. The van der Waals surface area contributed by atoms with Gasteiger partial charge in [0.25, 0.3) is 0 Å². The van der Waals surface area contributed by atoms with Crippen molar-refractivity contribution in [3.63, 3.8) is 0 Å². The van der Waals surface area contributed by atoms with Gasteiger partial charge in [0.15, 0.2) is 0 Å². The minimum Gasteiger partial charge on any atom is -0.603 e. The summed E-state index contributed by atoms with van der Waals surface area (Å²) in [5.41, 5.74) is 0. The Balaban J connectivity index is 0.000000963. The second kappa shape index (κ2) is 4.64. The van der Waals surface area contributed by atoms with Gasteiger partial charge in [-0.2, -0.15) is 0 Å². The molecule has 0 N–H and O–H groups in total. The van der Waals surface area contributed by atoms with Crippen LogP contribution in [0.1, 0.15) is 0 Å². The topological polar surface area (TPSA) is 34.7 Å². The van der Waals surface area contributed by atoms with Crippen molar-refractivity contribution in [2.24, 2.45) is 0 Å². The molecule has 1 radical (unpaired) electrons. The number of nitrogens with zero attached hydrogens (tertiary/aromatic N) is 4. The molecule has 3 heterocycles. The number of anilines is 2. The summed E-state index contributed by atoms with van der Waals surface area (Å²) in [5, 5.41) is 0. The van der Waals surface area contributed by atoms with Crippen LogP contribution >= 0.6 is 0 Å². The fourth-order valence-corrected chi connectivity index (χ4v) is 1.51. The normalized spacial score (nSPS) is 14.2. The Morgan fingerprint density at radius 1 is 0.875 bits per heavy atom. The minimum absolute atomic E-state index is 0. The van der Waals surface area contributed by atoms with Crippen LogP contribution in [-0.2, 0) is 21.7 Å². The molecule has 4 nitrogen and oxygen atoms in total. The zero-order valence-corrected chi connectivity index (χ0v) is 10.0. The average Bonchev–Trinajstić information content (AvgIpc) is 3.02. The van der Waals surface area contributed by atoms with E-state index in [1.807, 2.05) is 53.1 Å². The predicted octanol–water partition coefficient (Wildman–Crippen LogP) is 1.52. The van der Waals surface area contributed by atoms with Crippen molar-refractivity contribution in [2.75, 3.05) is 9.80 Å². The maximum Gasteiger partial charge on any atom is 3.00 e. The Bertz CT molecular complexity index is 404. The molecule has 77 valence electrons. The first-order valence-corrected chi connectivity index (χ1v) is 4.69. The van der Waals surface area contributed by atoms with Gasteiger partial charge in [0, 0.05) is 0 Å². The largest absolute Gasteiger partial charge is 3.00 e. The third kappa shape index (κ3) is 1.94. The van der Waals surface area contributed by atoms with Crippen molar-refractivity contribution in [3.8, 4) is 0 Å². The first kappa shape index (κ1) is 11.1. The van der Waals surface area contributed by atoms with Gasteiger partial charge in [0.05, 0.1) is 0 Å². The molecular weight excluding hydrogens is 236 g/mol. The van der Waals surface area contributed by atoms with Gasteiger partial charge >= 0.3 is 21.7 Å². The summed E-state index contributed by atoms with van der Waals surface area (Å²) in [6, 6.07) is 7.76. The molecule has 0 fully saturated rings. The molecule has 2 aromatic rings. The van der Waals surface area contributed by atoms with Crippen LogP contribution in [0.5, 0.6) is 0 Å². The third-order valence-electron chi connectivity index (χ3n) is 2.24. The number of hydrogen-bond acceptors (Lipinski definition) is 2. The van der Waals surface area contributed by atoms with E-state index in [0.29, 0.717) is 0 Å². The summed E-state index contributed by atoms with van der Waals surface area (Å²) < 4.78 is 0. The summed E-state index contributed by atoms with van der Waals surface area (Å²) in [5.74, 6) is 1.83. The SMILES string of the molecule is C1=CN(c2ccc[n-]2)[CH-]N1c1ccc[n-]1.[Ti+3]. The minimum atomic E-state index is 0. The molecule has 16 heavy (non-hydrogen) atoms. The average molecular weight is 245 g/mol. The first-order chi connectivity index (χ1) is 7.43. The Morgan fingerprint density at radius 2 is 1.38 bits per heavy atom. The monoisotopic (exact) mass is 245 g/mol. The van der Waals surface area contributed by atoms with E-state index in [0.717, 1.165) is 11.6 Å². The van der Waals surface area contributed by atoms with E-state index >= 15 is 0 Å². The van der Waals surface area contributed by atoms with Crippen molar-refractivity contribution < 1.29 is 21.7 Å². The second-order valence-electron chi connectivity index (χ2n) is 3.22. The Hall–Kier alpha value is -1.39. The van der Waals surface area contributed by atoms with E-state index in [1.165, 1.54) is 0 Å².